The summed E-state index contributed by atoms with van der Waals surface area (Å²) in [5.41, 5.74) is 1.28. The van der Waals surface area contributed by atoms with E-state index in [1.54, 1.807) is 0 Å². The number of hydrogen-bond acceptors (Lipinski definition) is 3. The zero-order valence-corrected chi connectivity index (χ0v) is 14.6. The van der Waals surface area contributed by atoms with Crippen LogP contribution in [0.3, 0.4) is 0 Å². The van der Waals surface area contributed by atoms with Crippen molar-refractivity contribution in [1.29, 1.82) is 0 Å². The lowest BCUT2D eigenvalue weighted by Gasteiger charge is -2.35. The van der Waals surface area contributed by atoms with E-state index in [1.807, 2.05) is 28.0 Å². The number of hydrogen-bond donors (Lipinski definition) is 0. The predicted molar refractivity (Wildman–Crippen MR) is 94.0 cm³/mol. The quantitative estimate of drug-likeness (QED) is 0.843. The molecule has 3 fully saturated rings. The van der Waals surface area contributed by atoms with Gasteiger partial charge in [-0.3, -0.25) is 9.59 Å². The molecule has 2 aliphatic heterocycles. The molecule has 0 bridgehead atoms. The highest BCUT2D eigenvalue weighted by Gasteiger charge is 2.46. The molecule has 2 heterocycles. The Kier molecular flexibility index (Phi) is 4.75. The molecule has 0 spiro atoms. The van der Waals surface area contributed by atoms with Crippen LogP contribution in [0.25, 0.3) is 0 Å². The predicted octanol–water partition coefficient (Wildman–Crippen LogP) is 1.89. The maximum Gasteiger partial charge on any atom is 0.226 e. The van der Waals surface area contributed by atoms with Gasteiger partial charge in [-0.05, 0) is 30.7 Å². The Bertz CT molecular complexity index is 619. The summed E-state index contributed by atoms with van der Waals surface area (Å²) >= 11 is 0. The number of carbonyl (C=O) groups excluding carboxylic acids is 2. The largest absolute Gasteiger partial charge is 0.378 e. The molecule has 1 aromatic carbocycles. The van der Waals surface area contributed by atoms with Crippen LogP contribution in [0, 0.1) is 11.8 Å². The third-order valence-electron chi connectivity index (χ3n) is 5.81. The normalized spacial score (nSPS) is 27.2. The highest BCUT2D eigenvalue weighted by Crippen LogP contribution is 2.48. The zero-order chi connectivity index (χ0) is 17.2. The van der Waals surface area contributed by atoms with Crippen molar-refractivity contribution in [2.75, 3.05) is 39.4 Å². The summed E-state index contributed by atoms with van der Waals surface area (Å²) in [6.07, 6.45) is 2.56. The van der Waals surface area contributed by atoms with Gasteiger partial charge in [0.25, 0.3) is 0 Å². The third kappa shape index (κ3) is 3.56. The molecule has 1 aromatic rings. The number of ether oxygens (including phenoxy) is 1. The van der Waals surface area contributed by atoms with E-state index in [1.165, 1.54) is 5.56 Å². The summed E-state index contributed by atoms with van der Waals surface area (Å²) in [7, 11) is 0. The standard InChI is InChI=1S/C20H26N2O3/c23-19(22-10-12-25-13-11-22)16-6-8-21(9-7-16)20(24)18-14-17(18)15-4-2-1-3-5-15/h1-5,16-18H,6-14H2. The third-order valence-corrected chi connectivity index (χ3v) is 5.81. The fourth-order valence-electron chi connectivity index (χ4n) is 4.16. The molecule has 25 heavy (non-hydrogen) atoms. The highest BCUT2D eigenvalue weighted by atomic mass is 16.5. The average molecular weight is 342 g/mol. The molecule has 4 rings (SSSR count). The number of benzene rings is 1. The van der Waals surface area contributed by atoms with Crippen molar-refractivity contribution in [3.63, 3.8) is 0 Å². The van der Waals surface area contributed by atoms with Crippen LogP contribution in [0.5, 0.6) is 0 Å². The molecule has 0 aromatic heterocycles. The average Bonchev–Trinajstić information content (AvgIpc) is 3.49. The van der Waals surface area contributed by atoms with Gasteiger partial charge in [-0.1, -0.05) is 30.3 Å². The van der Waals surface area contributed by atoms with Crippen molar-refractivity contribution in [1.82, 2.24) is 9.80 Å². The highest BCUT2D eigenvalue weighted by molar-refractivity contribution is 5.84. The Morgan fingerprint density at radius 3 is 2.20 bits per heavy atom. The topological polar surface area (TPSA) is 49.9 Å². The maximum absolute atomic E-state index is 12.7. The number of rotatable bonds is 3. The van der Waals surface area contributed by atoms with Crippen molar-refractivity contribution in [2.24, 2.45) is 11.8 Å². The second-order valence-corrected chi connectivity index (χ2v) is 7.40. The second kappa shape index (κ2) is 7.16. The molecule has 134 valence electrons. The molecule has 5 nitrogen and oxygen atoms in total. The molecule has 2 atom stereocenters. The van der Waals surface area contributed by atoms with E-state index in [-0.39, 0.29) is 23.7 Å². The summed E-state index contributed by atoms with van der Waals surface area (Å²) in [6.45, 7) is 4.14. The first kappa shape index (κ1) is 16.6. The monoisotopic (exact) mass is 342 g/mol. The van der Waals surface area contributed by atoms with E-state index in [2.05, 4.69) is 12.1 Å². The lowest BCUT2D eigenvalue weighted by molar-refractivity contribution is -0.144. The van der Waals surface area contributed by atoms with Crippen LogP contribution in [-0.2, 0) is 14.3 Å². The van der Waals surface area contributed by atoms with Crippen LogP contribution in [0.4, 0.5) is 0 Å². The number of nitrogens with zero attached hydrogens (tertiary/aromatic N) is 2. The molecule has 0 radical (unpaired) electrons. The molecule has 1 saturated carbocycles. The number of piperidine rings is 1. The van der Waals surface area contributed by atoms with Crippen molar-refractivity contribution < 1.29 is 14.3 Å². The van der Waals surface area contributed by atoms with Gasteiger partial charge in [-0.15, -0.1) is 0 Å². The smallest absolute Gasteiger partial charge is 0.226 e. The van der Waals surface area contributed by atoms with Gasteiger partial charge in [-0.25, -0.2) is 0 Å². The minimum Gasteiger partial charge on any atom is -0.378 e. The lowest BCUT2D eigenvalue weighted by atomic mass is 9.94. The van der Waals surface area contributed by atoms with E-state index in [0.29, 0.717) is 32.2 Å². The van der Waals surface area contributed by atoms with Gasteiger partial charge < -0.3 is 14.5 Å². The van der Waals surface area contributed by atoms with Gasteiger partial charge in [-0.2, -0.15) is 0 Å². The van der Waals surface area contributed by atoms with E-state index in [9.17, 15) is 9.59 Å². The Morgan fingerprint density at radius 2 is 1.52 bits per heavy atom. The number of carbonyl (C=O) groups is 2. The Hall–Kier alpha value is -1.88. The molecule has 2 saturated heterocycles. The van der Waals surface area contributed by atoms with Crippen LogP contribution < -0.4 is 0 Å². The summed E-state index contributed by atoms with van der Waals surface area (Å²) in [4.78, 5) is 29.2. The van der Waals surface area contributed by atoms with Gasteiger partial charge in [0.2, 0.25) is 11.8 Å². The first-order valence-corrected chi connectivity index (χ1v) is 9.44. The zero-order valence-electron chi connectivity index (χ0n) is 14.6. The number of morpholine rings is 1. The Balaban J connectivity index is 1.27. The Labute approximate surface area is 148 Å². The van der Waals surface area contributed by atoms with Gasteiger partial charge in [0.1, 0.15) is 0 Å². The number of likely N-dealkylation sites (tertiary alicyclic amines) is 1. The minimum atomic E-state index is 0.0753. The summed E-state index contributed by atoms with van der Waals surface area (Å²) < 4.78 is 5.32. The molecule has 5 heteroatoms. The second-order valence-electron chi connectivity index (χ2n) is 7.40. The lowest BCUT2D eigenvalue weighted by Crippen LogP contribution is -2.47. The first-order chi connectivity index (χ1) is 12.2. The van der Waals surface area contributed by atoms with Gasteiger partial charge in [0.05, 0.1) is 13.2 Å². The van der Waals surface area contributed by atoms with E-state index in [4.69, 9.17) is 4.74 Å². The fourth-order valence-corrected chi connectivity index (χ4v) is 4.16. The molecule has 2 unspecified atom stereocenters. The van der Waals surface area contributed by atoms with Gasteiger partial charge >= 0.3 is 0 Å². The van der Waals surface area contributed by atoms with Crippen molar-refractivity contribution in [3.05, 3.63) is 35.9 Å². The first-order valence-electron chi connectivity index (χ1n) is 9.44. The maximum atomic E-state index is 12.7. The molecule has 0 N–H and O–H groups in total. The molecular weight excluding hydrogens is 316 g/mol. The van der Waals surface area contributed by atoms with E-state index >= 15 is 0 Å². The SMILES string of the molecule is O=C(C1CCN(C(=O)C2CC2c2ccccc2)CC1)N1CCOCC1. The van der Waals surface area contributed by atoms with Crippen LogP contribution >= 0.6 is 0 Å². The summed E-state index contributed by atoms with van der Waals surface area (Å²) in [5, 5.41) is 0. The van der Waals surface area contributed by atoms with Gasteiger partial charge in [0, 0.05) is 38.0 Å². The summed E-state index contributed by atoms with van der Waals surface area (Å²) in [5.74, 6) is 1.15. The van der Waals surface area contributed by atoms with E-state index < -0.39 is 0 Å². The van der Waals surface area contributed by atoms with Crippen LogP contribution in [0.1, 0.15) is 30.7 Å². The molecule has 3 aliphatic rings. The van der Waals surface area contributed by atoms with Crippen LogP contribution in [-0.4, -0.2) is 61.0 Å². The van der Waals surface area contributed by atoms with E-state index in [0.717, 1.165) is 32.4 Å². The molecule has 1 aliphatic carbocycles. The van der Waals surface area contributed by atoms with Crippen LogP contribution in [0.2, 0.25) is 0 Å². The minimum absolute atomic E-state index is 0.0753. The Morgan fingerprint density at radius 1 is 0.880 bits per heavy atom. The van der Waals surface area contributed by atoms with Gasteiger partial charge in [0.15, 0.2) is 0 Å². The molecule has 2 amide bonds. The fraction of sp³-hybridized carbons (Fsp3) is 0.600. The molecular formula is C20H26N2O3. The van der Waals surface area contributed by atoms with Crippen LogP contribution in [0.15, 0.2) is 30.3 Å². The van der Waals surface area contributed by atoms with Crippen molar-refractivity contribution >= 4 is 11.8 Å². The van der Waals surface area contributed by atoms with Crippen molar-refractivity contribution in [3.8, 4) is 0 Å². The number of amides is 2. The summed E-state index contributed by atoms with van der Waals surface area (Å²) in [6, 6.07) is 10.3. The van der Waals surface area contributed by atoms with Crippen molar-refractivity contribution in [2.45, 2.75) is 25.2 Å².